The average molecular weight is 300 g/mol. The number of pyridine rings is 1. The van der Waals surface area contributed by atoms with Gasteiger partial charge < -0.3 is 14.8 Å². The zero-order valence-electron chi connectivity index (χ0n) is 12.5. The lowest BCUT2D eigenvalue weighted by Gasteiger charge is -2.30. The first-order chi connectivity index (χ1) is 10.1. The quantitative estimate of drug-likeness (QED) is 0.884. The Morgan fingerprint density at radius 2 is 2.10 bits per heavy atom. The molecule has 1 fully saturated rings. The molecule has 0 aromatic carbocycles. The maximum Gasteiger partial charge on any atom is 0.170 e. The smallest absolute Gasteiger partial charge is 0.170 e. The molecule has 0 radical (unpaired) electrons. The van der Waals surface area contributed by atoms with E-state index in [4.69, 9.17) is 12.2 Å². The summed E-state index contributed by atoms with van der Waals surface area (Å²) < 4.78 is 2.07. The molecule has 1 aliphatic heterocycles. The van der Waals surface area contributed by atoms with Crippen molar-refractivity contribution in [2.24, 2.45) is 7.05 Å². The van der Waals surface area contributed by atoms with Crippen LogP contribution in [0.1, 0.15) is 37.2 Å². The van der Waals surface area contributed by atoms with E-state index >= 15 is 0 Å². The lowest BCUT2D eigenvalue weighted by molar-refractivity contribution is 0.269. The van der Waals surface area contributed by atoms with Crippen LogP contribution in [-0.2, 0) is 7.05 Å². The van der Waals surface area contributed by atoms with Crippen LogP contribution < -0.4 is 5.32 Å². The third-order valence-corrected chi connectivity index (χ3v) is 4.22. The van der Waals surface area contributed by atoms with E-state index in [9.17, 15) is 0 Å². The van der Waals surface area contributed by atoms with Crippen LogP contribution in [0.15, 0.2) is 42.9 Å². The van der Waals surface area contributed by atoms with Crippen molar-refractivity contribution in [3.8, 4) is 0 Å². The summed E-state index contributed by atoms with van der Waals surface area (Å²) in [6, 6.07) is 8.77. The third kappa shape index (κ3) is 2.53. The Bertz CT molecular complexity index is 635. The zero-order chi connectivity index (χ0) is 15.0. The largest absolute Gasteiger partial charge is 0.357 e. The van der Waals surface area contributed by atoms with Gasteiger partial charge in [0.1, 0.15) is 0 Å². The molecule has 4 nitrogen and oxygen atoms in total. The molecule has 1 saturated heterocycles. The van der Waals surface area contributed by atoms with Crippen molar-refractivity contribution in [3.05, 3.63) is 54.1 Å². The van der Waals surface area contributed by atoms with Crippen molar-refractivity contribution in [3.63, 3.8) is 0 Å². The van der Waals surface area contributed by atoms with Crippen molar-refractivity contribution in [2.75, 3.05) is 0 Å². The molecule has 110 valence electrons. The summed E-state index contributed by atoms with van der Waals surface area (Å²) in [6.45, 7) is 4.34. The Kier molecular flexibility index (Phi) is 3.68. The summed E-state index contributed by atoms with van der Waals surface area (Å²) >= 11 is 5.56. The van der Waals surface area contributed by atoms with E-state index in [0.717, 1.165) is 10.8 Å². The van der Waals surface area contributed by atoms with Crippen molar-refractivity contribution in [1.82, 2.24) is 19.8 Å². The number of hydrogen-bond acceptors (Lipinski definition) is 2. The monoisotopic (exact) mass is 300 g/mol. The summed E-state index contributed by atoms with van der Waals surface area (Å²) in [5.74, 6) is 0. The van der Waals surface area contributed by atoms with E-state index in [2.05, 4.69) is 58.1 Å². The van der Waals surface area contributed by atoms with E-state index in [1.807, 2.05) is 25.4 Å². The van der Waals surface area contributed by atoms with E-state index in [-0.39, 0.29) is 12.1 Å². The first kappa shape index (κ1) is 14.1. The third-order valence-electron chi connectivity index (χ3n) is 3.89. The molecule has 0 spiro atoms. The van der Waals surface area contributed by atoms with Crippen molar-refractivity contribution in [1.29, 1.82) is 0 Å². The van der Waals surface area contributed by atoms with Crippen molar-refractivity contribution >= 4 is 17.3 Å². The molecule has 3 heterocycles. The predicted octanol–water partition coefficient (Wildman–Crippen LogP) is 2.80. The molecule has 2 aromatic heterocycles. The van der Waals surface area contributed by atoms with E-state index < -0.39 is 0 Å². The molecule has 0 aliphatic carbocycles. The summed E-state index contributed by atoms with van der Waals surface area (Å²) in [4.78, 5) is 6.78. The number of thiocarbonyl (C=S) groups is 1. The number of rotatable bonds is 3. The Morgan fingerprint density at radius 3 is 2.67 bits per heavy atom. The summed E-state index contributed by atoms with van der Waals surface area (Å²) in [7, 11) is 2.04. The van der Waals surface area contributed by atoms with Gasteiger partial charge in [-0.15, -0.1) is 0 Å². The lowest BCUT2D eigenvalue weighted by atomic mass is 9.98. The molecule has 21 heavy (non-hydrogen) atoms. The van der Waals surface area contributed by atoms with E-state index in [0.29, 0.717) is 6.04 Å². The van der Waals surface area contributed by atoms with Gasteiger partial charge in [-0.3, -0.25) is 4.98 Å². The van der Waals surface area contributed by atoms with Gasteiger partial charge in [-0.2, -0.15) is 0 Å². The number of nitrogens with zero attached hydrogens (tertiary/aromatic N) is 3. The van der Waals surface area contributed by atoms with Crippen LogP contribution in [0.3, 0.4) is 0 Å². The topological polar surface area (TPSA) is 33.1 Å². The Morgan fingerprint density at radius 1 is 1.29 bits per heavy atom. The van der Waals surface area contributed by atoms with Gasteiger partial charge in [-0.05, 0) is 49.8 Å². The van der Waals surface area contributed by atoms with Crippen LogP contribution in [0.4, 0.5) is 0 Å². The van der Waals surface area contributed by atoms with Gasteiger partial charge >= 0.3 is 0 Å². The highest BCUT2D eigenvalue weighted by molar-refractivity contribution is 7.80. The summed E-state index contributed by atoms with van der Waals surface area (Å²) in [6.07, 6.45) is 6.07. The molecule has 1 aliphatic rings. The fourth-order valence-corrected chi connectivity index (χ4v) is 3.43. The molecule has 2 atom stereocenters. The molecule has 2 unspecified atom stereocenters. The van der Waals surface area contributed by atoms with Gasteiger partial charge in [-0.1, -0.05) is 6.07 Å². The minimum atomic E-state index is 0.0866. The molecule has 0 saturated carbocycles. The maximum atomic E-state index is 5.56. The maximum absolute atomic E-state index is 5.56. The van der Waals surface area contributed by atoms with Gasteiger partial charge in [0.2, 0.25) is 0 Å². The second kappa shape index (κ2) is 5.48. The molecule has 0 amide bonds. The van der Waals surface area contributed by atoms with Gasteiger partial charge in [-0.25, -0.2) is 0 Å². The van der Waals surface area contributed by atoms with Crippen LogP contribution in [0, 0.1) is 0 Å². The average Bonchev–Trinajstić information content (AvgIpc) is 3.03. The molecule has 0 bridgehead atoms. The van der Waals surface area contributed by atoms with Crippen molar-refractivity contribution < 1.29 is 0 Å². The number of aryl methyl sites for hydroxylation is 1. The molecule has 2 aromatic rings. The minimum absolute atomic E-state index is 0.0866. The highest BCUT2D eigenvalue weighted by Gasteiger charge is 2.41. The van der Waals surface area contributed by atoms with Crippen LogP contribution in [-0.4, -0.2) is 25.6 Å². The summed E-state index contributed by atoms with van der Waals surface area (Å²) in [5.41, 5.74) is 2.28. The number of nitrogens with one attached hydrogen (secondary N) is 1. The van der Waals surface area contributed by atoms with Gasteiger partial charge in [0.05, 0.1) is 17.8 Å². The fourth-order valence-electron chi connectivity index (χ4n) is 2.98. The normalized spacial score (nSPS) is 21.9. The summed E-state index contributed by atoms with van der Waals surface area (Å²) in [5, 5.41) is 4.25. The van der Waals surface area contributed by atoms with Gasteiger partial charge in [0, 0.05) is 31.7 Å². The highest BCUT2D eigenvalue weighted by atomic mass is 32.1. The van der Waals surface area contributed by atoms with Crippen LogP contribution in [0.25, 0.3) is 0 Å². The second-order valence-corrected chi connectivity index (χ2v) is 6.12. The molecule has 5 heteroatoms. The number of aromatic nitrogens is 2. The first-order valence-corrected chi connectivity index (χ1v) is 7.60. The number of hydrogen-bond donors (Lipinski definition) is 1. The van der Waals surface area contributed by atoms with Gasteiger partial charge in [0.15, 0.2) is 5.11 Å². The standard InChI is InChI=1S/C16H20N4S/c1-11(2)20-15(12-7-9-19(3)10-12)14(18-16(20)21)13-6-4-5-8-17-13/h4-11,14-15H,1-3H3,(H,18,21). The Labute approximate surface area is 130 Å². The zero-order valence-corrected chi connectivity index (χ0v) is 13.3. The van der Waals surface area contributed by atoms with Crippen molar-refractivity contribution in [2.45, 2.75) is 32.0 Å². The van der Waals surface area contributed by atoms with E-state index in [1.54, 1.807) is 0 Å². The second-order valence-electron chi connectivity index (χ2n) is 5.74. The molecular weight excluding hydrogens is 280 g/mol. The SMILES string of the molecule is CC(C)N1C(=S)NC(c2ccccn2)C1c1ccn(C)c1. The minimum Gasteiger partial charge on any atom is -0.357 e. The Hall–Kier alpha value is -1.88. The van der Waals surface area contributed by atoms with Gasteiger partial charge in [0.25, 0.3) is 0 Å². The van der Waals surface area contributed by atoms with Crippen LogP contribution in [0.5, 0.6) is 0 Å². The Balaban J connectivity index is 2.05. The molecule has 1 N–H and O–H groups in total. The fraction of sp³-hybridized carbons (Fsp3) is 0.375. The lowest BCUT2D eigenvalue weighted by Crippen LogP contribution is -2.35. The molecule has 3 rings (SSSR count). The van der Waals surface area contributed by atoms with Crippen LogP contribution in [0.2, 0.25) is 0 Å². The predicted molar refractivity (Wildman–Crippen MR) is 87.8 cm³/mol. The van der Waals surface area contributed by atoms with E-state index in [1.165, 1.54) is 5.56 Å². The first-order valence-electron chi connectivity index (χ1n) is 7.19. The molecular formula is C16H20N4S. The van der Waals surface area contributed by atoms with Crippen LogP contribution >= 0.6 is 12.2 Å². The highest BCUT2D eigenvalue weighted by Crippen LogP contribution is 2.39.